The van der Waals surface area contributed by atoms with Crippen LogP contribution < -0.4 is 21.7 Å². The van der Waals surface area contributed by atoms with Crippen LogP contribution in [0.3, 0.4) is 0 Å². The monoisotopic (exact) mass is 608 g/mol. The zero-order valence-corrected chi connectivity index (χ0v) is 25.8. The van der Waals surface area contributed by atoms with Gasteiger partial charge in [0.25, 0.3) is 0 Å². The third kappa shape index (κ3) is 9.80. The van der Waals surface area contributed by atoms with Crippen molar-refractivity contribution in [2.45, 2.75) is 64.2 Å². The first-order valence-electron chi connectivity index (χ1n) is 14.9. The van der Waals surface area contributed by atoms with E-state index in [1.54, 1.807) is 29.0 Å². The van der Waals surface area contributed by atoms with Crippen molar-refractivity contribution in [2.24, 2.45) is 11.7 Å². The lowest BCUT2D eigenvalue weighted by atomic mass is 9.97. The molecule has 0 unspecified atom stereocenters. The van der Waals surface area contributed by atoms with Crippen LogP contribution in [0.5, 0.6) is 5.75 Å². The number of piperazine rings is 1. The van der Waals surface area contributed by atoms with Crippen molar-refractivity contribution in [3.05, 3.63) is 65.7 Å². The second kappa shape index (κ2) is 15.9. The molecule has 0 radical (unpaired) electrons. The Morgan fingerprint density at radius 1 is 0.909 bits per heavy atom. The van der Waals surface area contributed by atoms with E-state index in [1.165, 1.54) is 19.1 Å². The number of phenolic OH excluding ortho intramolecular Hbond substituents is 1. The Hall–Kier alpha value is -4.45. The molecule has 6 N–H and O–H groups in total. The van der Waals surface area contributed by atoms with E-state index >= 15 is 0 Å². The first-order valence-corrected chi connectivity index (χ1v) is 14.9. The number of amides is 5. The molecule has 5 amide bonds. The summed E-state index contributed by atoms with van der Waals surface area (Å²) < 4.78 is 0. The van der Waals surface area contributed by atoms with Gasteiger partial charge in [-0.1, -0.05) is 56.3 Å². The summed E-state index contributed by atoms with van der Waals surface area (Å²) >= 11 is 0. The molecule has 238 valence electrons. The molecule has 2 aromatic carbocycles. The zero-order chi connectivity index (χ0) is 32.4. The van der Waals surface area contributed by atoms with Crippen molar-refractivity contribution in [3.8, 4) is 5.75 Å². The Labute approximate surface area is 258 Å². The predicted octanol–water partition coefficient (Wildman–Crippen LogP) is 0.326. The van der Waals surface area contributed by atoms with Gasteiger partial charge < -0.3 is 36.6 Å². The van der Waals surface area contributed by atoms with E-state index in [4.69, 9.17) is 5.73 Å². The maximum atomic E-state index is 13.8. The number of nitrogens with two attached hydrogens (primary N) is 1. The standard InChI is InChI=1S/C32H44N6O6/c1-20(2)16-27-32(44)37(4)14-15-38(27)31(43)26(18-22-8-6-5-7-9-22)36-28(40)19-34-29(41)21(3)35-30(42)25(33)17-23-10-12-24(39)13-11-23/h5-13,20-21,25-27,39H,14-19,33H2,1-4H3,(H,34,41)(H,35,42)(H,36,40)/t21-,25+,26+,27+/m1/s1. The molecule has 1 heterocycles. The Bertz CT molecular complexity index is 1300. The molecule has 0 bridgehead atoms. The van der Waals surface area contributed by atoms with E-state index in [9.17, 15) is 29.1 Å². The molecular weight excluding hydrogens is 564 g/mol. The molecule has 1 saturated heterocycles. The second-order valence-electron chi connectivity index (χ2n) is 11.7. The van der Waals surface area contributed by atoms with Crippen LogP contribution >= 0.6 is 0 Å². The summed E-state index contributed by atoms with van der Waals surface area (Å²) in [6.45, 7) is 5.77. The van der Waals surface area contributed by atoms with Crippen molar-refractivity contribution in [2.75, 3.05) is 26.7 Å². The van der Waals surface area contributed by atoms with Gasteiger partial charge in [-0.05, 0) is 48.9 Å². The fraction of sp³-hybridized carbons (Fsp3) is 0.469. The summed E-state index contributed by atoms with van der Waals surface area (Å²) in [7, 11) is 1.72. The van der Waals surface area contributed by atoms with Gasteiger partial charge in [-0.15, -0.1) is 0 Å². The molecule has 0 saturated carbocycles. The topological polar surface area (TPSA) is 174 Å². The van der Waals surface area contributed by atoms with E-state index in [0.29, 0.717) is 19.5 Å². The van der Waals surface area contributed by atoms with Crippen LogP contribution in [-0.4, -0.2) is 95.3 Å². The van der Waals surface area contributed by atoms with Crippen LogP contribution in [0.15, 0.2) is 54.6 Å². The highest BCUT2D eigenvalue weighted by Gasteiger charge is 2.39. The number of carbonyl (C=O) groups is 5. The molecule has 2 aromatic rings. The van der Waals surface area contributed by atoms with Crippen LogP contribution in [-0.2, 0) is 36.8 Å². The third-order valence-electron chi connectivity index (χ3n) is 7.51. The smallest absolute Gasteiger partial charge is 0.246 e. The molecule has 12 nitrogen and oxygen atoms in total. The van der Waals surface area contributed by atoms with Crippen LogP contribution in [0, 0.1) is 5.92 Å². The van der Waals surface area contributed by atoms with Crippen LogP contribution in [0.25, 0.3) is 0 Å². The summed E-state index contributed by atoms with van der Waals surface area (Å²) in [5.74, 6) is -1.95. The summed E-state index contributed by atoms with van der Waals surface area (Å²) in [6, 6.07) is 12.0. The normalized spacial score (nSPS) is 17.0. The number of benzene rings is 2. The number of nitrogens with zero attached hydrogens (tertiary/aromatic N) is 2. The first-order chi connectivity index (χ1) is 20.8. The first kappa shape index (κ1) is 34.0. The summed E-state index contributed by atoms with van der Waals surface area (Å²) in [6.07, 6.45) is 0.912. The Balaban J connectivity index is 1.60. The number of nitrogens with one attached hydrogen (secondary N) is 3. The van der Waals surface area contributed by atoms with Crippen LogP contribution in [0.1, 0.15) is 38.3 Å². The lowest BCUT2D eigenvalue weighted by Gasteiger charge is -2.41. The lowest BCUT2D eigenvalue weighted by molar-refractivity contribution is -0.152. The molecular formula is C32H44N6O6. The maximum Gasteiger partial charge on any atom is 0.246 e. The molecule has 1 aliphatic heterocycles. The molecule has 0 aromatic heterocycles. The quantitative estimate of drug-likeness (QED) is 0.218. The largest absolute Gasteiger partial charge is 0.508 e. The number of phenols is 1. The highest BCUT2D eigenvalue weighted by molar-refractivity contribution is 5.95. The minimum Gasteiger partial charge on any atom is -0.508 e. The van der Waals surface area contributed by atoms with Gasteiger partial charge in [-0.3, -0.25) is 24.0 Å². The number of carbonyl (C=O) groups excluding carboxylic acids is 5. The second-order valence-corrected chi connectivity index (χ2v) is 11.7. The highest BCUT2D eigenvalue weighted by atomic mass is 16.3. The van der Waals surface area contributed by atoms with Gasteiger partial charge in [0, 0.05) is 26.6 Å². The minimum absolute atomic E-state index is 0.0987. The molecule has 4 atom stereocenters. The van der Waals surface area contributed by atoms with Gasteiger partial charge in [0.15, 0.2) is 0 Å². The number of hydrogen-bond acceptors (Lipinski definition) is 7. The van der Waals surface area contributed by atoms with Crippen molar-refractivity contribution in [3.63, 3.8) is 0 Å². The van der Waals surface area contributed by atoms with E-state index in [1.807, 2.05) is 44.2 Å². The zero-order valence-electron chi connectivity index (χ0n) is 25.8. The van der Waals surface area contributed by atoms with Gasteiger partial charge in [-0.2, -0.15) is 0 Å². The highest BCUT2D eigenvalue weighted by Crippen LogP contribution is 2.20. The van der Waals surface area contributed by atoms with Crippen LogP contribution in [0.4, 0.5) is 0 Å². The SMILES string of the molecule is CC(C)C[C@H]1C(=O)N(C)CCN1C(=O)[C@H](Cc1ccccc1)NC(=O)CNC(=O)[C@@H](C)NC(=O)[C@@H](N)Cc1ccc(O)cc1. The van der Waals surface area contributed by atoms with Gasteiger partial charge in [0.05, 0.1) is 12.6 Å². The van der Waals surface area contributed by atoms with E-state index < -0.39 is 48.4 Å². The van der Waals surface area contributed by atoms with Gasteiger partial charge in [0.1, 0.15) is 23.9 Å². The van der Waals surface area contributed by atoms with E-state index in [0.717, 1.165) is 11.1 Å². The van der Waals surface area contributed by atoms with E-state index in [2.05, 4.69) is 16.0 Å². The van der Waals surface area contributed by atoms with Crippen molar-refractivity contribution >= 4 is 29.5 Å². The maximum absolute atomic E-state index is 13.8. The Kier molecular flexibility index (Phi) is 12.3. The number of aromatic hydroxyl groups is 1. The van der Waals surface area contributed by atoms with E-state index in [-0.39, 0.29) is 36.3 Å². The predicted molar refractivity (Wildman–Crippen MR) is 165 cm³/mol. The van der Waals surface area contributed by atoms with Crippen molar-refractivity contribution in [1.82, 2.24) is 25.8 Å². The minimum atomic E-state index is -0.976. The molecule has 12 heteroatoms. The number of rotatable bonds is 13. The summed E-state index contributed by atoms with van der Waals surface area (Å²) in [5, 5.41) is 17.2. The molecule has 1 aliphatic rings. The molecule has 44 heavy (non-hydrogen) atoms. The fourth-order valence-corrected chi connectivity index (χ4v) is 5.03. The molecule has 0 aliphatic carbocycles. The Morgan fingerprint density at radius 2 is 1.55 bits per heavy atom. The third-order valence-corrected chi connectivity index (χ3v) is 7.51. The molecule has 0 spiro atoms. The average Bonchev–Trinajstić information content (AvgIpc) is 2.99. The van der Waals surface area contributed by atoms with Crippen molar-refractivity contribution in [1.29, 1.82) is 0 Å². The number of likely N-dealkylation sites (N-methyl/N-ethyl adjacent to an activating group) is 1. The average molecular weight is 609 g/mol. The fourth-order valence-electron chi connectivity index (χ4n) is 5.03. The molecule has 1 fully saturated rings. The molecule has 3 rings (SSSR count). The lowest BCUT2D eigenvalue weighted by Crippen LogP contribution is -2.62. The van der Waals surface area contributed by atoms with Gasteiger partial charge in [-0.25, -0.2) is 0 Å². The Morgan fingerprint density at radius 3 is 2.18 bits per heavy atom. The van der Waals surface area contributed by atoms with Gasteiger partial charge in [0.2, 0.25) is 29.5 Å². The summed E-state index contributed by atoms with van der Waals surface area (Å²) in [5.41, 5.74) is 7.56. The van der Waals surface area contributed by atoms with Crippen LogP contribution in [0.2, 0.25) is 0 Å². The van der Waals surface area contributed by atoms with Crippen molar-refractivity contribution < 1.29 is 29.1 Å². The van der Waals surface area contributed by atoms with Gasteiger partial charge >= 0.3 is 0 Å². The number of hydrogen-bond donors (Lipinski definition) is 5. The summed E-state index contributed by atoms with van der Waals surface area (Å²) in [4.78, 5) is 68.2.